The van der Waals surface area contributed by atoms with Crippen molar-refractivity contribution in [1.29, 1.82) is 0 Å². The molecule has 1 heteroatoms. The highest BCUT2D eigenvalue weighted by molar-refractivity contribution is 6.37. The van der Waals surface area contributed by atoms with Gasteiger partial charge in [0.25, 0.3) is 0 Å². The lowest BCUT2D eigenvalue weighted by atomic mass is 9.87. The highest BCUT2D eigenvalue weighted by Crippen LogP contribution is 2.48. The molecule has 0 atom stereocenters. The monoisotopic (exact) mass is 771 g/mol. The van der Waals surface area contributed by atoms with Gasteiger partial charge in [-0.1, -0.05) is 188 Å². The van der Waals surface area contributed by atoms with E-state index in [2.05, 4.69) is 229 Å². The summed E-state index contributed by atoms with van der Waals surface area (Å²) in [5.41, 5.74) is 8.14. The van der Waals surface area contributed by atoms with Crippen LogP contribution >= 0.6 is 0 Å². The maximum absolute atomic E-state index is 2.48. The average Bonchev–Trinajstić information content (AvgIpc) is 3.33. The molecule has 13 rings (SSSR count). The summed E-state index contributed by atoms with van der Waals surface area (Å²) >= 11 is 0. The average molecular weight is 772 g/mol. The highest BCUT2D eigenvalue weighted by Gasteiger charge is 2.21. The number of benzene rings is 12. The molecule has 61 heavy (non-hydrogen) atoms. The molecule has 0 aliphatic heterocycles. The minimum absolute atomic E-state index is 1.10. The van der Waals surface area contributed by atoms with Gasteiger partial charge < -0.3 is 4.90 Å². The summed E-state index contributed by atoms with van der Waals surface area (Å²) < 4.78 is 0. The number of rotatable bonds is 5. The summed E-state index contributed by atoms with van der Waals surface area (Å²) in [5.74, 6) is 0. The van der Waals surface area contributed by atoms with Crippen LogP contribution in [-0.4, -0.2) is 0 Å². The summed E-state index contributed by atoms with van der Waals surface area (Å²) in [7, 11) is 0. The van der Waals surface area contributed by atoms with Gasteiger partial charge in [0.1, 0.15) is 0 Å². The van der Waals surface area contributed by atoms with Gasteiger partial charge >= 0.3 is 0 Å². The zero-order valence-electron chi connectivity index (χ0n) is 33.3. The first kappa shape index (κ1) is 33.9. The smallest absolute Gasteiger partial charge is 0.0540 e. The molecule has 0 aromatic heterocycles. The molecule has 0 aliphatic carbocycles. The van der Waals surface area contributed by atoms with E-state index in [4.69, 9.17) is 0 Å². The van der Waals surface area contributed by atoms with Crippen molar-refractivity contribution in [2.24, 2.45) is 0 Å². The predicted molar refractivity (Wildman–Crippen MR) is 263 cm³/mol. The maximum Gasteiger partial charge on any atom is 0.0540 e. The van der Waals surface area contributed by atoms with Crippen LogP contribution in [0.1, 0.15) is 0 Å². The second-order valence-electron chi connectivity index (χ2n) is 16.4. The van der Waals surface area contributed by atoms with E-state index in [0.717, 1.165) is 17.1 Å². The largest absolute Gasteiger partial charge is 0.310 e. The molecule has 0 bridgehead atoms. The van der Waals surface area contributed by atoms with Crippen molar-refractivity contribution in [3.8, 4) is 22.3 Å². The van der Waals surface area contributed by atoms with Gasteiger partial charge in [-0.2, -0.15) is 0 Å². The van der Waals surface area contributed by atoms with Crippen molar-refractivity contribution < 1.29 is 0 Å². The molecule has 0 N–H and O–H groups in total. The first-order valence-electron chi connectivity index (χ1n) is 21.2. The van der Waals surface area contributed by atoms with Crippen LogP contribution in [0.25, 0.3) is 108 Å². The van der Waals surface area contributed by atoms with Crippen LogP contribution in [0, 0.1) is 0 Å². The number of para-hydroxylation sites is 1. The third-order valence-corrected chi connectivity index (χ3v) is 13.1. The lowest BCUT2D eigenvalue weighted by Gasteiger charge is -2.29. The molecule has 0 spiro atoms. The van der Waals surface area contributed by atoms with Gasteiger partial charge in [-0.3, -0.25) is 0 Å². The molecular weight excluding hydrogens is 735 g/mol. The summed E-state index contributed by atoms with van der Waals surface area (Å²) in [6.07, 6.45) is 0. The van der Waals surface area contributed by atoms with E-state index in [1.807, 2.05) is 0 Å². The van der Waals surface area contributed by atoms with Crippen molar-refractivity contribution >= 4 is 103 Å². The maximum atomic E-state index is 2.48. The fraction of sp³-hybridized carbons (Fsp3) is 0. The standard InChI is InChI=1S/C60H37N/c1-2-13-38(14-3-1)48-20-8-9-26-56(48)61(45-33-31-39(32-34-45)54-36-43-15-4-5-19-47(43)49-21-6-7-22-50(49)54)46-35-44-30-29-42-17-11-24-52-51-23-10-16-40-27-28-41-18-12-25-53(59(41)57(40)51)55(37-46)60(44)58(42)52/h1-37H. The fourth-order valence-corrected chi connectivity index (χ4v) is 10.4. The predicted octanol–water partition coefficient (Wildman–Crippen LogP) is 17.2. The molecule has 1 nitrogen and oxygen atoms in total. The van der Waals surface area contributed by atoms with Gasteiger partial charge in [0.15, 0.2) is 0 Å². The van der Waals surface area contributed by atoms with Gasteiger partial charge in [0, 0.05) is 16.9 Å². The lowest BCUT2D eigenvalue weighted by Crippen LogP contribution is -2.11. The third kappa shape index (κ3) is 5.14. The van der Waals surface area contributed by atoms with E-state index in [9.17, 15) is 0 Å². The van der Waals surface area contributed by atoms with Gasteiger partial charge in [-0.15, -0.1) is 0 Å². The second kappa shape index (κ2) is 13.3. The number of nitrogens with zero attached hydrogens (tertiary/aromatic N) is 1. The van der Waals surface area contributed by atoms with Crippen LogP contribution in [0.2, 0.25) is 0 Å². The number of anilines is 3. The first-order chi connectivity index (χ1) is 30.3. The van der Waals surface area contributed by atoms with E-state index in [0.29, 0.717) is 0 Å². The van der Waals surface area contributed by atoms with Gasteiger partial charge in [-0.25, -0.2) is 0 Å². The Morgan fingerprint density at radius 1 is 0.230 bits per heavy atom. The van der Waals surface area contributed by atoms with Gasteiger partial charge in [-0.05, 0) is 139 Å². The molecule has 13 aromatic rings. The second-order valence-corrected chi connectivity index (χ2v) is 16.4. The van der Waals surface area contributed by atoms with Gasteiger partial charge in [0.2, 0.25) is 0 Å². The van der Waals surface area contributed by atoms with E-state index in [-0.39, 0.29) is 0 Å². The van der Waals surface area contributed by atoms with Crippen LogP contribution in [-0.2, 0) is 0 Å². The van der Waals surface area contributed by atoms with Crippen LogP contribution in [0.15, 0.2) is 224 Å². The van der Waals surface area contributed by atoms with E-state index in [1.165, 1.54) is 108 Å². The van der Waals surface area contributed by atoms with E-state index < -0.39 is 0 Å². The summed E-state index contributed by atoms with van der Waals surface area (Å²) in [6, 6.07) is 83.3. The zero-order chi connectivity index (χ0) is 40.0. The molecule has 0 radical (unpaired) electrons. The topological polar surface area (TPSA) is 3.24 Å². The van der Waals surface area contributed by atoms with Crippen molar-refractivity contribution in [3.05, 3.63) is 224 Å². The van der Waals surface area contributed by atoms with E-state index in [1.54, 1.807) is 0 Å². The van der Waals surface area contributed by atoms with Crippen molar-refractivity contribution in [3.63, 3.8) is 0 Å². The Kier molecular flexibility index (Phi) is 7.37. The SMILES string of the molecule is c1ccc(-c2ccccc2N(c2ccc(-c3cc4ccccc4c4ccccc34)cc2)c2cc3ccc4cccc5c6cccc7ccc8cccc(c(c2)c3c45)c8c76)cc1. The van der Waals surface area contributed by atoms with Gasteiger partial charge in [0.05, 0.1) is 5.69 Å². The Bertz CT molecular complexity index is 3860. The third-order valence-electron chi connectivity index (χ3n) is 13.1. The Balaban J connectivity index is 1.12. The van der Waals surface area contributed by atoms with Crippen molar-refractivity contribution in [2.75, 3.05) is 4.90 Å². The molecule has 0 unspecified atom stereocenters. The lowest BCUT2D eigenvalue weighted by molar-refractivity contribution is 1.29. The van der Waals surface area contributed by atoms with Crippen LogP contribution in [0.3, 0.4) is 0 Å². The Hall–Kier alpha value is -8.00. The summed E-state index contributed by atoms with van der Waals surface area (Å²) in [4.78, 5) is 2.48. The fourth-order valence-electron chi connectivity index (χ4n) is 10.4. The summed E-state index contributed by atoms with van der Waals surface area (Å²) in [6.45, 7) is 0. The molecule has 0 fully saturated rings. The Labute approximate surface area is 353 Å². The Morgan fingerprint density at radius 3 is 1.41 bits per heavy atom. The van der Waals surface area contributed by atoms with Crippen molar-refractivity contribution in [2.45, 2.75) is 0 Å². The minimum Gasteiger partial charge on any atom is -0.310 e. The van der Waals surface area contributed by atoms with Crippen LogP contribution in [0.4, 0.5) is 17.1 Å². The number of hydrogen-bond donors (Lipinski definition) is 0. The number of fused-ring (bicyclic) bond motifs is 5. The molecule has 0 saturated heterocycles. The minimum atomic E-state index is 1.10. The molecule has 282 valence electrons. The van der Waals surface area contributed by atoms with Crippen LogP contribution in [0.5, 0.6) is 0 Å². The molecule has 13 aromatic carbocycles. The zero-order valence-corrected chi connectivity index (χ0v) is 33.3. The molecule has 0 aliphatic rings. The van der Waals surface area contributed by atoms with Crippen molar-refractivity contribution in [1.82, 2.24) is 0 Å². The molecule has 0 heterocycles. The van der Waals surface area contributed by atoms with Crippen LogP contribution < -0.4 is 4.90 Å². The highest BCUT2D eigenvalue weighted by atomic mass is 15.1. The Morgan fingerprint density at radius 2 is 0.721 bits per heavy atom. The normalized spacial score (nSPS) is 11.9. The quantitative estimate of drug-likeness (QED) is 0.158. The summed E-state index contributed by atoms with van der Waals surface area (Å²) in [5, 5.41) is 20.4. The molecular formula is C60H37N. The molecule has 0 amide bonds. The van der Waals surface area contributed by atoms with E-state index >= 15 is 0 Å². The molecule has 0 saturated carbocycles. The first-order valence-corrected chi connectivity index (χ1v) is 21.2. The number of hydrogen-bond acceptors (Lipinski definition) is 1.